The SMILES string of the molecule is C#Cc1cnc2c(C#N)cc(N[C@H](C3=CN(C4(C(N)=O)CCC4)NN3)c3cccc4ncccc34)cc2c1NCC(C)(C)C. The third-order valence-electron chi connectivity index (χ3n) is 8.34. The van der Waals surface area contributed by atoms with E-state index in [1.807, 2.05) is 42.6 Å². The lowest BCUT2D eigenvalue weighted by Gasteiger charge is -2.44. The van der Waals surface area contributed by atoms with Gasteiger partial charge in [0, 0.05) is 41.6 Å². The van der Waals surface area contributed by atoms with E-state index in [0.29, 0.717) is 41.7 Å². The molecule has 0 saturated heterocycles. The third kappa shape index (κ3) is 5.10. The van der Waals surface area contributed by atoms with Gasteiger partial charge in [-0.05, 0) is 54.5 Å². The highest BCUT2D eigenvalue weighted by atomic mass is 16.2. The number of pyridine rings is 2. The van der Waals surface area contributed by atoms with Crippen LogP contribution in [0.1, 0.15) is 62.8 Å². The number of nitrogens with one attached hydrogen (secondary N) is 4. The first-order chi connectivity index (χ1) is 21.1. The first-order valence-electron chi connectivity index (χ1n) is 14.6. The summed E-state index contributed by atoms with van der Waals surface area (Å²) in [6.07, 6.45) is 13.5. The molecule has 1 fully saturated rings. The van der Waals surface area contributed by atoms with E-state index in [9.17, 15) is 10.1 Å². The Balaban J connectivity index is 1.49. The normalized spacial score (nSPS) is 16.3. The third-order valence-corrected chi connectivity index (χ3v) is 8.34. The monoisotopic (exact) mass is 585 g/mol. The molecule has 1 aliphatic heterocycles. The lowest BCUT2D eigenvalue weighted by atomic mass is 9.75. The average molecular weight is 586 g/mol. The largest absolute Gasteiger partial charge is 0.383 e. The fraction of sp³-hybridized carbons (Fsp3) is 0.294. The van der Waals surface area contributed by atoms with Gasteiger partial charge in [-0.3, -0.25) is 19.8 Å². The first-order valence-corrected chi connectivity index (χ1v) is 14.6. The van der Waals surface area contributed by atoms with Crippen molar-refractivity contribution in [2.45, 2.75) is 51.6 Å². The van der Waals surface area contributed by atoms with Crippen LogP contribution >= 0.6 is 0 Å². The molecule has 3 heterocycles. The summed E-state index contributed by atoms with van der Waals surface area (Å²) in [5.74, 6) is 2.38. The molecule has 4 aromatic rings. The maximum Gasteiger partial charge on any atom is 0.244 e. The smallest absolute Gasteiger partial charge is 0.244 e. The van der Waals surface area contributed by atoms with Gasteiger partial charge in [-0.2, -0.15) is 5.26 Å². The minimum absolute atomic E-state index is 0.00885. The Morgan fingerprint density at radius 1 is 1.18 bits per heavy atom. The van der Waals surface area contributed by atoms with Crippen molar-refractivity contribution in [3.63, 3.8) is 0 Å². The minimum atomic E-state index is -0.790. The maximum absolute atomic E-state index is 12.5. The fourth-order valence-corrected chi connectivity index (χ4v) is 5.82. The van der Waals surface area contributed by atoms with Crippen LogP contribution in [-0.4, -0.2) is 33.0 Å². The van der Waals surface area contributed by atoms with Crippen molar-refractivity contribution in [3.8, 4) is 18.4 Å². The molecule has 6 rings (SSSR count). The number of amides is 1. The second-order valence-corrected chi connectivity index (χ2v) is 12.6. The molecule has 10 nitrogen and oxygen atoms in total. The van der Waals surface area contributed by atoms with Crippen molar-refractivity contribution in [2.75, 3.05) is 17.2 Å². The standard InChI is InChI=1S/C34H35N9O/c1-5-21-18-38-30-22(17-35)15-23(16-26(30)29(21)39-20-33(2,3)4)40-31(25-9-6-11-27-24(25)10-7-14-37-27)28-19-43(42-41-28)34(32(36)44)12-8-13-34/h1,6-7,9-11,14-16,18-19,31,40-42H,8,12-13,20H2,2-4H3,(H2,36,44)(H,38,39)/t31-/m0/s1. The topological polar surface area (TPSA) is 144 Å². The molecule has 2 aliphatic rings. The molecule has 10 heteroatoms. The molecule has 1 saturated carbocycles. The number of terminal acetylenes is 1. The highest BCUT2D eigenvalue weighted by Gasteiger charge is 2.49. The molecular weight excluding hydrogens is 550 g/mol. The zero-order chi connectivity index (χ0) is 31.1. The Kier molecular flexibility index (Phi) is 7.24. The van der Waals surface area contributed by atoms with Crippen molar-refractivity contribution in [1.82, 2.24) is 25.9 Å². The summed E-state index contributed by atoms with van der Waals surface area (Å²) < 4.78 is 0. The average Bonchev–Trinajstić information content (AvgIpc) is 3.46. The van der Waals surface area contributed by atoms with Gasteiger partial charge < -0.3 is 21.8 Å². The van der Waals surface area contributed by atoms with Gasteiger partial charge in [0.05, 0.1) is 39.6 Å². The zero-order valence-electron chi connectivity index (χ0n) is 25.0. The molecule has 44 heavy (non-hydrogen) atoms. The number of hydrogen-bond acceptors (Lipinski definition) is 9. The number of nitrogens with two attached hydrogens (primary N) is 1. The number of anilines is 2. The van der Waals surface area contributed by atoms with Crippen LogP contribution in [0, 0.1) is 29.1 Å². The Bertz CT molecular complexity index is 1880. The Hall–Kier alpha value is -5.32. The number of primary amides is 1. The van der Waals surface area contributed by atoms with Gasteiger partial charge in [0.15, 0.2) is 0 Å². The number of carbonyl (C=O) groups excluding carboxylic acids is 1. The van der Waals surface area contributed by atoms with Crippen LogP contribution in [0.25, 0.3) is 21.8 Å². The Morgan fingerprint density at radius 2 is 2.00 bits per heavy atom. The Morgan fingerprint density at radius 3 is 2.68 bits per heavy atom. The van der Waals surface area contributed by atoms with E-state index in [0.717, 1.165) is 39.7 Å². The maximum atomic E-state index is 12.5. The number of benzene rings is 2. The number of aromatic nitrogens is 2. The second-order valence-electron chi connectivity index (χ2n) is 12.6. The number of nitriles is 1. The van der Waals surface area contributed by atoms with E-state index in [-0.39, 0.29) is 11.3 Å². The summed E-state index contributed by atoms with van der Waals surface area (Å²) in [6, 6.07) is 15.6. The van der Waals surface area contributed by atoms with Crippen LogP contribution in [0.4, 0.5) is 11.4 Å². The first kappa shape index (κ1) is 28.8. The molecule has 222 valence electrons. The fourth-order valence-electron chi connectivity index (χ4n) is 5.82. The molecule has 0 spiro atoms. The molecule has 0 radical (unpaired) electrons. The predicted molar refractivity (Wildman–Crippen MR) is 172 cm³/mol. The van der Waals surface area contributed by atoms with Gasteiger partial charge in [0.25, 0.3) is 0 Å². The van der Waals surface area contributed by atoms with E-state index in [1.165, 1.54) is 0 Å². The molecule has 0 bridgehead atoms. The van der Waals surface area contributed by atoms with Crippen LogP contribution in [0.2, 0.25) is 0 Å². The van der Waals surface area contributed by atoms with Gasteiger partial charge in [0.1, 0.15) is 11.6 Å². The minimum Gasteiger partial charge on any atom is -0.383 e. The Labute approximate surface area is 256 Å². The molecule has 1 atom stereocenters. The quantitative estimate of drug-likeness (QED) is 0.184. The predicted octanol–water partition coefficient (Wildman–Crippen LogP) is 4.82. The summed E-state index contributed by atoms with van der Waals surface area (Å²) in [6.45, 7) is 7.09. The van der Waals surface area contributed by atoms with Gasteiger partial charge >= 0.3 is 0 Å². The summed E-state index contributed by atoms with van der Waals surface area (Å²) in [5, 5.41) is 20.9. The van der Waals surface area contributed by atoms with Crippen molar-refractivity contribution in [3.05, 3.63) is 83.4 Å². The summed E-state index contributed by atoms with van der Waals surface area (Å²) in [5.41, 5.74) is 17.1. The van der Waals surface area contributed by atoms with Crippen LogP contribution in [-0.2, 0) is 4.79 Å². The molecule has 2 aromatic carbocycles. The lowest BCUT2D eigenvalue weighted by Crippen LogP contribution is -2.63. The number of hydrazine groups is 2. The molecule has 2 aromatic heterocycles. The van der Waals surface area contributed by atoms with E-state index < -0.39 is 11.6 Å². The highest BCUT2D eigenvalue weighted by Crippen LogP contribution is 2.40. The number of hydrogen-bond donors (Lipinski definition) is 5. The second kappa shape index (κ2) is 11.1. The van der Waals surface area contributed by atoms with Crippen molar-refractivity contribution in [2.24, 2.45) is 11.1 Å². The van der Waals surface area contributed by atoms with Crippen molar-refractivity contribution < 1.29 is 4.79 Å². The number of fused-ring (bicyclic) bond motifs is 2. The molecule has 6 N–H and O–H groups in total. The van der Waals surface area contributed by atoms with Crippen molar-refractivity contribution in [1.29, 1.82) is 5.26 Å². The lowest BCUT2D eigenvalue weighted by molar-refractivity contribution is -0.136. The van der Waals surface area contributed by atoms with E-state index >= 15 is 0 Å². The summed E-state index contributed by atoms with van der Waals surface area (Å²) in [4.78, 5) is 21.6. The van der Waals surface area contributed by atoms with E-state index in [4.69, 9.17) is 12.2 Å². The molecule has 0 unspecified atom stereocenters. The summed E-state index contributed by atoms with van der Waals surface area (Å²) in [7, 11) is 0. The van der Waals surface area contributed by atoms with E-state index in [2.05, 4.69) is 64.3 Å². The number of rotatable bonds is 8. The number of nitrogens with zero attached hydrogens (tertiary/aromatic N) is 4. The van der Waals surface area contributed by atoms with Crippen LogP contribution in [0.5, 0.6) is 0 Å². The molecular formula is C34H35N9O. The zero-order valence-corrected chi connectivity index (χ0v) is 25.0. The van der Waals surface area contributed by atoms with Crippen LogP contribution in [0.15, 0.2) is 66.8 Å². The summed E-state index contributed by atoms with van der Waals surface area (Å²) >= 11 is 0. The number of carbonyl (C=O) groups is 1. The van der Waals surface area contributed by atoms with Gasteiger partial charge in [0.2, 0.25) is 5.91 Å². The highest BCUT2D eigenvalue weighted by molar-refractivity contribution is 5.99. The molecule has 1 amide bonds. The van der Waals surface area contributed by atoms with Gasteiger partial charge in [-0.25, -0.2) is 0 Å². The molecule has 1 aliphatic carbocycles. The van der Waals surface area contributed by atoms with Crippen LogP contribution in [0.3, 0.4) is 0 Å². The van der Waals surface area contributed by atoms with Crippen molar-refractivity contribution >= 4 is 39.1 Å². The van der Waals surface area contributed by atoms with Gasteiger partial charge in [-0.15, -0.1) is 12.0 Å². The van der Waals surface area contributed by atoms with E-state index in [1.54, 1.807) is 23.5 Å². The van der Waals surface area contributed by atoms with Crippen LogP contribution < -0.4 is 27.3 Å². The van der Waals surface area contributed by atoms with Gasteiger partial charge in [-0.1, -0.05) is 44.9 Å².